The van der Waals surface area contributed by atoms with Gasteiger partial charge in [0.15, 0.2) is 0 Å². The number of hydrogen-bond acceptors (Lipinski definition) is 4. The highest BCUT2D eigenvalue weighted by molar-refractivity contribution is 7.09. The number of rotatable bonds is 6. The van der Waals surface area contributed by atoms with Crippen LogP contribution in [-0.4, -0.2) is 18.5 Å². The zero-order valence-corrected chi connectivity index (χ0v) is 16.0. The summed E-state index contributed by atoms with van der Waals surface area (Å²) in [5.41, 5.74) is 0.722. The van der Waals surface area contributed by atoms with Gasteiger partial charge < -0.3 is 15.4 Å². The molecule has 1 amide bonds. The number of carbonyl (C=O) groups is 1. The van der Waals surface area contributed by atoms with Crippen LogP contribution < -0.4 is 15.4 Å². The molecule has 0 saturated carbocycles. The Morgan fingerprint density at radius 2 is 1.82 bits per heavy atom. The summed E-state index contributed by atoms with van der Waals surface area (Å²) in [6, 6.07) is 17.1. The van der Waals surface area contributed by atoms with Crippen LogP contribution in [0, 0.1) is 11.7 Å². The maximum absolute atomic E-state index is 12.9. The molecule has 4 nitrogen and oxygen atoms in total. The van der Waals surface area contributed by atoms with Gasteiger partial charge >= 0.3 is 0 Å². The van der Waals surface area contributed by atoms with Crippen molar-refractivity contribution in [2.75, 3.05) is 11.9 Å². The molecule has 1 fully saturated rings. The second kappa shape index (κ2) is 8.54. The molecule has 1 aliphatic heterocycles. The Morgan fingerprint density at radius 3 is 2.50 bits per heavy atom. The lowest BCUT2D eigenvalue weighted by Crippen LogP contribution is -2.35. The summed E-state index contributed by atoms with van der Waals surface area (Å²) < 4.78 is 18.6. The van der Waals surface area contributed by atoms with E-state index >= 15 is 0 Å². The van der Waals surface area contributed by atoms with Gasteiger partial charge in [0.2, 0.25) is 5.91 Å². The second-order valence-electron chi connectivity index (χ2n) is 6.92. The fourth-order valence-electron chi connectivity index (χ4n) is 3.35. The molecule has 1 aromatic heterocycles. The van der Waals surface area contributed by atoms with E-state index in [1.54, 1.807) is 47.7 Å². The summed E-state index contributed by atoms with van der Waals surface area (Å²) in [4.78, 5) is 13.9. The predicted octanol–water partition coefficient (Wildman–Crippen LogP) is 4.84. The Hall–Kier alpha value is -2.70. The van der Waals surface area contributed by atoms with Crippen LogP contribution in [0.5, 0.6) is 11.5 Å². The maximum Gasteiger partial charge on any atom is 0.241 e. The fourth-order valence-corrected chi connectivity index (χ4v) is 4.17. The summed E-state index contributed by atoms with van der Waals surface area (Å²) in [6.07, 6.45) is 1.86. The summed E-state index contributed by atoms with van der Waals surface area (Å²) >= 11 is 1.77. The zero-order chi connectivity index (χ0) is 19.3. The average molecular weight is 396 g/mol. The highest BCUT2D eigenvalue weighted by Crippen LogP contribution is 2.25. The lowest BCUT2D eigenvalue weighted by Gasteiger charge is -2.12. The number of halogens is 1. The normalized spacial score (nSPS) is 18.8. The maximum atomic E-state index is 12.9. The molecule has 144 valence electrons. The quantitative estimate of drug-likeness (QED) is 0.627. The van der Waals surface area contributed by atoms with Gasteiger partial charge in [0.05, 0.1) is 6.04 Å². The van der Waals surface area contributed by atoms with Crippen molar-refractivity contribution in [2.45, 2.75) is 18.9 Å². The molecular formula is C22H21FN2O2S. The predicted molar refractivity (Wildman–Crippen MR) is 109 cm³/mol. The van der Waals surface area contributed by atoms with Crippen LogP contribution in [-0.2, 0) is 11.2 Å². The molecule has 4 rings (SSSR count). The van der Waals surface area contributed by atoms with Crippen molar-refractivity contribution in [3.63, 3.8) is 0 Å². The number of nitrogens with one attached hydrogen (secondary N) is 2. The molecule has 2 aromatic carbocycles. The molecule has 0 aliphatic carbocycles. The lowest BCUT2D eigenvalue weighted by molar-refractivity contribution is -0.117. The first-order valence-electron chi connectivity index (χ1n) is 9.26. The minimum Gasteiger partial charge on any atom is -0.457 e. The first kappa shape index (κ1) is 18.7. The van der Waals surface area contributed by atoms with Gasteiger partial charge in [0.25, 0.3) is 0 Å². The van der Waals surface area contributed by atoms with E-state index in [2.05, 4.69) is 28.1 Å². The zero-order valence-electron chi connectivity index (χ0n) is 15.2. The van der Waals surface area contributed by atoms with Crippen molar-refractivity contribution < 1.29 is 13.9 Å². The van der Waals surface area contributed by atoms with Gasteiger partial charge in [-0.1, -0.05) is 6.07 Å². The summed E-state index contributed by atoms with van der Waals surface area (Å²) in [6.45, 7) is 0.862. The first-order valence-corrected chi connectivity index (χ1v) is 10.1. The van der Waals surface area contributed by atoms with Crippen LogP contribution in [0.4, 0.5) is 10.1 Å². The van der Waals surface area contributed by atoms with Crippen LogP contribution in [0.2, 0.25) is 0 Å². The van der Waals surface area contributed by atoms with E-state index in [9.17, 15) is 9.18 Å². The van der Waals surface area contributed by atoms with E-state index in [0.29, 0.717) is 17.4 Å². The molecule has 0 radical (unpaired) electrons. The van der Waals surface area contributed by atoms with Crippen molar-refractivity contribution in [3.8, 4) is 11.5 Å². The molecular weight excluding hydrogens is 375 g/mol. The smallest absolute Gasteiger partial charge is 0.241 e. The summed E-state index contributed by atoms with van der Waals surface area (Å²) in [5, 5.41) is 8.37. The number of amides is 1. The van der Waals surface area contributed by atoms with Crippen molar-refractivity contribution >= 4 is 22.9 Å². The Balaban J connectivity index is 1.29. The summed E-state index contributed by atoms with van der Waals surface area (Å²) in [5.74, 6) is 1.36. The van der Waals surface area contributed by atoms with Crippen LogP contribution in [0.3, 0.4) is 0 Å². The van der Waals surface area contributed by atoms with Gasteiger partial charge in [0, 0.05) is 10.6 Å². The molecule has 0 unspecified atom stereocenters. The number of carbonyl (C=O) groups excluding carboxylic acids is 1. The van der Waals surface area contributed by atoms with Gasteiger partial charge in [-0.2, -0.15) is 0 Å². The Labute approximate surface area is 167 Å². The molecule has 0 bridgehead atoms. The minimum atomic E-state index is -0.302. The molecule has 2 atom stereocenters. The fraction of sp³-hybridized carbons (Fsp3) is 0.227. The van der Waals surface area contributed by atoms with E-state index in [4.69, 9.17) is 4.74 Å². The highest BCUT2D eigenvalue weighted by Gasteiger charge is 2.29. The standard InChI is InChI=1S/C22H21FN2O2S/c23-16-3-7-18(8-4-16)27-19-9-5-17(6-10-19)25-22(26)21-13-15(14-24-21)12-20-2-1-11-28-20/h1-11,15,21,24H,12-14H2,(H,25,26)/t15-,21+/m1/s1. The molecule has 3 aromatic rings. The Kier molecular flexibility index (Phi) is 5.69. The number of thiophene rings is 1. The number of ether oxygens (including phenoxy) is 1. The first-order chi connectivity index (χ1) is 13.7. The van der Waals surface area contributed by atoms with Gasteiger partial charge in [0.1, 0.15) is 17.3 Å². The average Bonchev–Trinajstić information content (AvgIpc) is 3.38. The molecule has 2 heterocycles. The van der Waals surface area contributed by atoms with E-state index < -0.39 is 0 Å². The molecule has 1 aliphatic rings. The van der Waals surface area contributed by atoms with E-state index in [1.165, 1.54) is 17.0 Å². The number of hydrogen-bond donors (Lipinski definition) is 2. The SMILES string of the molecule is O=C(Nc1ccc(Oc2ccc(F)cc2)cc1)[C@@H]1C[C@@H](Cc2cccs2)CN1. The largest absolute Gasteiger partial charge is 0.457 e. The topological polar surface area (TPSA) is 50.4 Å². The van der Waals surface area contributed by atoms with Crippen LogP contribution >= 0.6 is 11.3 Å². The van der Waals surface area contributed by atoms with Crippen molar-refractivity contribution in [2.24, 2.45) is 5.92 Å². The lowest BCUT2D eigenvalue weighted by atomic mass is 10.0. The number of benzene rings is 2. The molecule has 6 heteroatoms. The highest BCUT2D eigenvalue weighted by atomic mass is 32.1. The summed E-state index contributed by atoms with van der Waals surface area (Å²) in [7, 11) is 0. The third-order valence-corrected chi connectivity index (χ3v) is 5.68. The minimum absolute atomic E-state index is 0.0131. The van der Waals surface area contributed by atoms with E-state index in [0.717, 1.165) is 25.1 Å². The molecule has 28 heavy (non-hydrogen) atoms. The molecule has 2 N–H and O–H groups in total. The monoisotopic (exact) mass is 396 g/mol. The van der Waals surface area contributed by atoms with Crippen molar-refractivity contribution in [3.05, 3.63) is 76.7 Å². The van der Waals surface area contributed by atoms with Crippen LogP contribution in [0.1, 0.15) is 11.3 Å². The van der Waals surface area contributed by atoms with Gasteiger partial charge in [-0.15, -0.1) is 11.3 Å². The van der Waals surface area contributed by atoms with Crippen LogP contribution in [0.15, 0.2) is 66.0 Å². The third kappa shape index (κ3) is 4.77. The molecule has 0 spiro atoms. The van der Waals surface area contributed by atoms with Gasteiger partial charge in [-0.25, -0.2) is 4.39 Å². The molecule has 1 saturated heterocycles. The Morgan fingerprint density at radius 1 is 1.11 bits per heavy atom. The van der Waals surface area contributed by atoms with Crippen molar-refractivity contribution in [1.82, 2.24) is 5.32 Å². The number of anilines is 1. The Bertz CT molecular complexity index is 911. The van der Waals surface area contributed by atoms with Crippen LogP contribution in [0.25, 0.3) is 0 Å². The van der Waals surface area contributed by atoms with E-state index in [-0.39, 0.29) is 17.8 Å². The van der Waals surface area contributed by atoms with Gasteiger partial charge in [-0.3, -0.25) is 4.79 Å². The second-order valence-corrected chi connectivity index (χ2v) is 7.95. The third-order valence-electron chi connectivity index (χ3n) is 4.78. The van der Waals surface area contributed by atoms with E-state index in [1.807, 2.05) is 0 Å². The van der Waals surface area contributed by atoms with Crippen molar-refractivity contribution in [1.29, 1.82) is 0 Å². The van der Waals surface area contributed by atoms with Gasteiger partial charge in [-0.05, 0) is 85.3 Å².